The molecular formula is C18H33N5OS. The molecule has 0 aromatic carbocycles. The van der Waals surface area contributed by atoms with Gasteiger partial charge in [-0.3, -0.25) is 9.89 Å². The average molecular weight is 368 g/mol. The van der Waals surface area contributed by atoms with E-state index in [1.54, 1.807) is 11.3 Å². The smallest absolute Gasteiger partial charge is 0.191 e. The first-order chi connectivity index (χ1) is 12.0. The van der Waals surface area contributed by atoms with Crippen LogP contribution in [0.15, 0.2) is 11.2 Å². The fourth-order valence-electron chi connectivity index (χ4n) is 2.80. The van der Waals surface area contributed by atoms with Crippen LogP contribution in [0.1, 0.15) is 37.6 Å². The monoisotopic (exact) mass is 367 g/mol. The second-order valence-corrected chi connectivity index (χ2v) is 8.06. The van der Waals surface area contributed by atoms with E-state index in [-0.39, 0.29) is 5.54 Å². The lowest BCUT2D eigenvalue weighted by atomic mass is 10.0. The number of guanidine groups is 1. The third-order valence-electron chi connectivity index (χ3n) is 4.42. The Bertz CT molecular complexity index is 537. The molecule has 0 spiro atoms. The highest BCUT2D eigenvalue weighted by Crippen LogP contribution is 2.16. The third-order valence-corrected chi connectivity index (χ3v) is 5.62. The highest BCUT2D eigenvalue weighted by atomic mass is 32.1. The second-order valence-electron chi connectivity index (χ2n) is 6.86. The number of aromatic nitrogens is 1. The highest BCUT2D eigenvalue weighted by Gasteiger charge is 2.28. The first-order valence-corrected chi connectivity index (χ1v) is 10.2. The average Bonchev–Trinajstić information content (AvgIpc) is 3.08. The zero-order chi connectivity index (χ0) is 18.1. The van der Waals surface area contributed by atoms with Crippen LogP contribution in [0.25, 0.3) is 0 Å². The van der Waals surface area contributed by atoms with Gasteiger partial charge in [-0.1, -0.05) is 6.92 Å². The molecule has 2 rings (SSSR count). The molecule has 1 aliphatic rings. The summed E-state index contributed by atoms with van der Waals surface area (Å²) in [4.78, 5) is 13.1. The number of hydrogen-bond acceptors (Lipinski definition) is 5. The molecule has 0 atom stereocenters. The molecule has 1 aromatic rings. The molecule has 0 amide bonds. The van der Waals surface area contributed by atoms with Gasteiger partial charge in [0.05, 0.1) is 24.8 Å². The maximum atomic E-state index is 5.46. The van der Waals surface area contributed by atoms with E-state index in [0.29, 0.717) is 0 Å². The number of nitrogens with one attached hydrogen (secondary N) is 2. The summed E-state index contributed by atoms with van der Waals surface area (Å²) in [6.07, 6.45) is 3.98. The summed E-state index contributed by atoms with van der Waals surface area (Å²) < 4.78 is 5.46. The number of hydrogen-bond donors (Lipinski definition) is 2. The van der Waals surface area contributed by atoms with E-state index in [0.717, 1.165) is 64.7 Å². The molecule has 0 bridgehead atoms. The van der Waals surface area contributed by atoms with E-state index in [9.17, 15) is 0 Å². The first kappa shape index (κ1) is 20.1. The van der Waals surface area contributed by atoms with Crippen molar-refractivity contribution in [2.45, 2.75) is 46.1 Å². The first-order valence-electron chi connectivity index (χ1n) is 9.33. The van der Waals surface area contributed by atoms with Gasteiger partial charge in [0.1, 0.15) is 0 Å². The predicted molar refractivity (Wildman–Crippen MR) is 106 cm³/mol. The molecule has 0 radical (unpaired) electrons. The van der Waals surface area contributed by atoms with E-state index in [2.05, 4.69) is 48.2 Å². The normalized spacial score (nSPS) is 16.9. The van der Waals surface area contributed by atoms with E-state index in [1.807, 2.05) is 6.20 Å². The van der Waals surface area contributed by atoms with Crippen LogP contribution in [0.5, 0.6) is 0 Å². The van der Waals surface area contributed by atoms with Crippen LogP contribution in [-0.2, 0) is 17.6 Å². The molecule has 6 nitrogen and oxygen atoms in total. The van der Waals surface area contributed by atoms with Crippen LogP contribution in [0, 0.1) is 0 Å². The molecule has 1 aromatic heterocycles. The van der Waals surface area contributed by atoms with E-state index < -0.39 is 0 Å². The van der Waals surface area contributed by atoms with Gasteiger partial charge in [0.15, 0.2) is 5.96 Å². The van der Waals surface area contributed by atoms with Crippen LogP contribution in [0.2, 0.25) is 0 Å². The van der Waals surface area contributed by atoms with Crippen LogP contribution < -0.4 is 10.6 Å². The lowest BCUT2D eigenvalue weighted by Gasteiger charge is -2.39. The van der Waals surface area contributed by atoms with Crippen molar-refractivity contribution in [1.82, 2.24) is 20.5 Å². The summed E-state index contributed by atoms with van der Waals surface area (Å²) >= 11 is 1.80. The standard InChI is InChI=1S/C18H33N5OS/c1-5-15-13-21-16(25-15)7-8-20-17(19-6-2)22-14-18(3,4)23-9-11-24-12-10-23/h13H,5-12,14H2,1-4H3,(H2,19,20,22). The molecule has 2 N–H and O–H groups in total. The summed E-state index contributed by atoms with van der Waals surface area (Å²) in [5, 5.41) is 7.96. The van der Waals surface area contributed by atoms with Gasteiger partial charge in [0.25, 0.3) is 0 Å². The van der Waals surface area contributed by atoms with Gasteiger partial charge in [0.2, 0.25) is 0 Å². The topological polar surface area (TPSA) is 61.8 Å². The Morgan fingerprint density at radius 3 is 2.72 bits per heavy atom. The van der Waals surface area contributed by atoms with Crippen LogP contribution in [0.3, 0.4) is 0 Å². The SMILES string of the molecule is CCNC(=NCC(C)(C)N1CCOCC1)NCCc1ncc(CC)s1. The summed E-state index contributed by atoms with van der Waals surface area (Å²) in [6, 6.07) is 0. The minimum atomic E-state index is 0.0392. The number of aliphatic imine (C=N–C) groups is 1. The number of morpholine rings is 1. The number of ether oxygens (including phenoxy) is 1. The number of thiazole rings is 1. The molecule has 2 heterocycles. The van der Waals surface area contributed by atoms with Gasteiger partial charge < -0.3 is 15.4 Å². The Hall–Kier alpha value is -1.18. The molecule has 1 fully saturated rings. The molecular weight excluding hydrogens is 334 g/mol. The molecule has 0 unspecified atom stereocenters. The largest absolute Gasteiger partial charge is 0.379 e. The van der Waals surface area contributed by atoms with Crippen molar-refractivity contribution in [3.63, 3.8) is 0 Å². The Kier molecular flexibility index (Phi) is 8.12. The van der Waals surface area contributed by atoms with Gasteiger partial charge in [0, 0.05) is 49.2 Å². The Morgan fingerprint density at radius 2 is 2.08 bits per heavy atom. The molecule has 25 heavy (non-hydrogen) atoms. The summed E-state index contributed by atoms with van der Waals surface area (Å²) in [5.74, 6) is 0.885. The summed E-state index contributed by atoms with van der Waals surface area (Å²) in [5.41, 5.74) is 0.0392. The van der Waals surface area contributed by atoms with E-state index in [4.69, 9.17) is 9.73 Å². The number of aryl methyl sites for hydroxylation is 1. The molecule has 142 valence electrons. The summed E-state index contributed by atoms with van der Waals surface area (Å²) in [6.45, 7) is 14.9. The maximum Gasteiger partial charge on any atom is 0.191 e. The second kappa shape index (κ2) is 10.1. The van der Waals surface area contributed by atoms with Gasteiger partial charge in [-0.15, -0.1) is 11.3 Å². The molecule has 0 aliphatic carbocycles. The lowest BCUT2D eigenvalue weighted by Crippen LogP contribution is -2.52. The van der Waals surface area contributed by atoms with Crippen molar-refractivity contribution < 1.29 is 4.74 Å². The number of nitrogens with zero attached hydrogens (tertiary/aromatic N) is 3. The van der Waals surface area contributed by atoms with Crippen molar-refractivity contribution in [1.29, 1.82) is 0 Å². The molecule has 1 aliphatic heterocycles. The van der Waals surface area contributed by atoms with Crippen LogP contribution in [-0.4, -0.2) is 67.3 Å². The Labute approximate surface area is 156 Å². The van der Waals surface area contributed by atoms with Crippen molar-refractivity contribution >= 4 is 17.3 Å². The van der Waals surface area contributed by atoms with Gasteiger partial charge in [-0.2, -0.15) is 0 Å². The van der Waals surface area contributed by atoms with E-state index >= 15 is 0 Å². The van der Waals surface area contributed by atoms with Crippen molar-refractivity contribution in [3.8, 4) is 0 Å². The third kappa shape index (κ3) is 6.56. The van der Waals surface area contributed by atoms with Crippen molar-refractivity contribution in [2.24, 2.45) is 4.99 Å². The fourth-order valence-corrected chi connectivity index (χ4v) is 3.66. The molecule has 7 heteroatoms. The zero-order valence-electron chi connectivity index (χ0n) is 16.1. The Morgan fingerprint density at radius 1 is 1.32 bits per heavy atom. The minimum Gasteiger partial charge on any atom is -0.379 e. The van der Waals surface area contributed by atoms with Crippen LogP contribution in [0.4, 0.5) is 0 Å². The lowest BCUT2D eigenvalue weighted by molar-refractivity contribution is -0.00683. The van der Waals surface area contributed by atoms with Gasteiger partial charge >= 0.3 is 0 Å². The zero-order valence-corrected chi connectivity index (χ0v) is 16.9. The number of rotatable bonds is 8. The van der Waals surface area contributed by atoms with Crippen molar-refractivity contribution in [2.75, 3.05) is 45.9 Å². The van der Waals surface area contributed by atoms with E-state index in [1.165, 1.54) is 9.88 Å². The molecule has 0 saturated carbocycles. The summed E-state index contributed by atoms with van der Waals surface area (Å²) in [7, 11) is 0. The maximum absolute atomic E-state index is 5.46. The fraction of sp³-hybridized carbons (Fsp3) is 0.778. The van der Waals surface area contributed by atoms with Gasteiger partial charge in [-0.25, -0.2) is 4.98 Å². The highest BCUT2D eigenvalue weighted by molar-refractivity contribution is 7.11. The predicted octanol–water partition coefficient (Wildman–Crippen LogP) is 1.91. The van der Waals surface area contributed by atoms with Crippen molar-refractivity contribution in [3.05, 3.63) is 16.1 Å². The molecule has 1 saturated heterocycles. The Balaban J connectivity index is 1.84. The quantitative estimate of drug-likeness (QED) is 0.543. The van der Waals surface area contributed by atoms with Crippen LogP contribution >= 0.6 is 11.3 Å². The van der Waals surface area contributed by atoms with Gasteiger partial charge in [-0.05, 0) is 27.2 Å². The minimum absolute atomic E-state index is 0.0392.